The molecule has 70 valence electrons. The second-order valence-corrected chi connectivity index (χ2v) is 4.03. The Labute approximate surface area is 78.2 Å². The summed E-state index contributed by atoms with van der Waals surface area (Å²) in [6.45, 7) is 2.21. The zero-order chi connectivity index (χ0) is 8.67. The number of aromatic nitrogens is 2. The lowest BCUT2D eigenvalue weighted by atomic mass is 10.2. The highest BCUT2D eigenvalue weighted by Crippen LogP contribution is 2.36. The Morgan fingerprint density at radius 1 is 1.31 bits per heavy atom. The maximum atomic E-state index is 4.50. The van der Waals surface area contributed by atoms with Crippen molar-refractivity contribution in [3.05, 3.63) is 17.7 Å². The van der Waals surface area contributed by atoms with Crippen LogP contribution in [0.3, 0.4) is 0 Å². The number of hydrogen-bond acceptors (Lipinski definition) is 2. The molecule has 2 aliphatic rings. The van der Waals surface area contributed by atoms with Crippen LogP contribution in [-0.2, 0) is 12.8 Å². The van der Waals surface area contributed by atoms with E-state index in [9.17, 15) is 0 Å². The van der Waals surface area contributed by atoms with Gasteiger partial charge in [-0.1, -0.05) is 0 Å². The van der Waals surface area contributed by atoms with E-state index in [0.29, 0.717) is 0 Å². The third kappa shape index (κ3) is 1.27. The molecule has 1 aliphatic heterocycles. The van der Waals surface area contributed by atoms with Crippen LogP contribution >= 0.6 is 0 Å². The van der Waals surface area contributed by atoms with E-state index in [0.717, 1.165) is 32.0 Å². The van der Waals surface area contributed by atoms with Crippen molar-refractivity contribution in [1.29, 1.82) is 0 Å². The number of imidazole rings is 1. The van der Waals surface area contributed by atoms with E-state index in [1.807, 2.05) is 6.33 Å². The van der Waals surface area contributed by atoms with E-state index >= 15 is 0 Å². The predicted octanol–water partition coefficient (Wildman–Crippen LogP) is 0.906. The van der Waals surface area contributed by atoms with Crippen LogP contribution in [0.1, 0.15) is 30.3 Å². The van der Waals surface area contributed by atoms with Crippen molar-refractivity contribution in [1.82, 2.24) is 14.9 Å². The molecule has 0 amide bonds. The maximum Gasteiger partial charge on any atom is 0.0954 e. The lowest BCUT2D eigenvalue weighted by Gasteiger charge is -2.05. The molecule has 0 bridgehead atoms. The van der Waals surface area contributed by atoms with Gasteiger partial charge in [0.25, 0.3) is 0 Å². The lowest BCUT2D eigenvalue weighted by molar-refractivity contribution is 0.659. The first-order valence-electron chi connectivity index (χ1n) is 5.20. The molecule has 0 unspecified atom stereocenters. The lowest BCUT2D eigenvalue weighted by Crippen LogP contribution is -2.17. The Morgan fingerprint density at radius 3 is 3.00 bits per heavy atom. The van der Waals surface area contributed by atoms with Crippen LogP contribution in [0.2, 0.25) is 0 Å². The topological polar surface area (TPSA) is 29.9 Å². The van der Waals surface area contributed by atoms with E-state index in [1.54, 1.807) is 0 Å². The molecule has 1 aliphatic carbocycles. The molecule has 1 fully saturated rings. The fourth-order valence-corrected chi connectivity index (χ4v) is 2.11. The Balaban J connectivity index is 1.98. The van der Waals surface area contributed by atoms with E-state index in [4.69, 9.17) is 0 Å². The average molecular weight is 177 g/mol. The summed E-state index contributed by atoms with van der Waals surface area (Å²) in [5.74, 6) is 0. The van der Waals surface area contributed by atoms with Crippen LogP contribution in [0.15, 0.2) is 6.33 Å². The third-order valence-corrected chi connectivity index (χ3v) is 3.00. The molecule has 1 N–H and O–H groups in total. The summed E-state index contributed by atoms with van der Waals surface area (Å²) < 4.78 is 2.41. The molecule has 1 aromatic rings. The average Bonchev–Trinajstić information content (AvgIpc) is 2.94. The molecule has 0 atom stereocenters. The fourth-order valence-electron chi connectivity index (χ4n) is 2.11. The standard InChI is InChI=1S/C10H15N3/c1-2-8(1)13-7-12-9-3-5-11-6-4-10(9)13/h7-8,11H,1-6H2. The summed E-state index contributed by atoms with van der Waals surface area (Å²) in [4.78, 5) is 4.50. The van der Waals surface area contributed by atoms with Crippen LogP contribution in [0.25, 0.3) is 0 Å². The van der Waals surface area contributed by atoms with Gasteiger partial charge in [0, 0.05) is 37.7 Å². The first kappa shape index (κ1) is 7.56. The molecule has 2 heterocycles. The zero-order valence-electron chi connectivity index (χ0n) is 7.79. The molecule has 0 saturated heterocycles. The van der Waals surface area contributed by atoms with Crippen molar-refractivity contribution < 1.29 is 0 Å². The Kier molecular flexibility index (Phi) is 1.65. The van der Waals surface area contributed by atoms with E-state index in [2.05, 4.69) is 14.9 Å². The van der Waals surface area contributed by atoms with Crippen LogP contribution in [0, 0.1) is 0 Å². The molecule has 0 radical (unpaired) electrons. The van der Waals surface area contributed by atoms with E-state index in [1.165, 1.54) is 24.2 Å². The minimum Gasteiger partial charge on any atom is -0.331 e. The first-order valence-corrected chi connectivity index (χ1v) is 5.20. The Bertz CT molecular complexity index is 312. The van der Waals surface area contributed by atoms with Gasteiger partial charge in [-0.25, -0.2) is 4.98 Å². The van der Waals surface area contributed by atoms with Gasteiger partial charge in [0.15, 0.2) is 0 Å². The fraction of sp³-hybridized carbons (Fsp3) is 0.700. The van der Waals surface area contributed by atoms with Crippen molar-refractivity contribution in [2.45, 2.75) is 31.7 Å². The zero-order valence-corrected chi connectivity index (χ0v) is 7.79. The molecular weight excluding hydrogens is 162 g/mol. The smallest absolute Gasteiger partial charge is 0.0954 e. The molecule has 13 heavy (non-hydrogen) atoms. The summed E-state index contributed by atoms with van der Waals surface area (Å²) in [7, 11) is 0. The van der Waals surface area contributed by atoms with Gasteiger partial charge >= 0.3 is 0 Å². The second kappa shape index (κ2) is 2.84. The van der Waals surface area contributed by atoms with E-state index in [-0.39, 0.29) is 0 Å². The molecule has 1 aromatic heterocycles. The summed E-state index contributed by atoms with van der Waals surface area (Å²) in [5.41, 5.74) is 2.82. The van der Waals surface area contributed by atoms with Gasteiger partial charge in [-0.3, -0.25) is 0 Å². The summed E-state index contributed by atoms with van der Waals surface area (Å²) in [6.07, 6.45) is 7.03. The maximum absolute atomic E-state index is 4.50. The van der Waals surface area contributed by atoms with Gasteiger partial charge in [-0.2, -0.15) is 0 Å². The van der Waals surface area contributed by atoms with Gasteiger partial charge in [-0.05, 0) is 12.8 Å². The van der Waals surface area contributed by atoms with Crippen LogP contribution < -0.4 is 5.32 Å². The number of rotatable bonds is 1. The summed E-state index contributed by atoms with van der Waals surface area (Å²) in [5, 5.41) is 3.41. The Hall–Kier alpha value is -0.830. The highest BCUT2D eigenvalue weighted by Gasteiger charge is 2.27. The molecule has 3 nitrogen and oxygen atoms in total. The highest BCUT2D eigenvalue weighted by atomic mass is 15.1. The number of nitrogens with one attached hydrogen (secondary N) is 1. The van der Waals surface area contributed by atoms with E-state index < -0.39 is 0 Å². The van der Waals surface area contributed by atoms with Gasteiger partial charge in [0.05, 0.1) is 12.0 Å². The molecule has 0 spiro atoms. The highest BCUT2D eigenvalue weighted by molar-refractivity contribution is 5.17. The molecule has 3 heteroatoms. The van der Waals surface area contributed by atoms with Crippen molar-refractivity contribution in [2.24, 2.45) is 0 Å². The van der Waals surface area contributed by atoms with Crippen molar-refractivity contribution >= 4 is 0 Å². The minimum absolute atomic E-state index is 0.786. The van der Waals surface area contributed by atoms with Crippen LogP contribution in [-0.4, -0.2) is 22.6 Å². The van der Waals surface area contributed by atoms with Gasteiger partial charge in [0.1, 0.15) is 0 Å². The number of hydrogen-bond donors (Lipinski definition) is 1. The Morgan fingerprint density at radius 2 is 2.15 bits per heavy atom. The third-order valence-electron chi connectivity index (χ3n) is 3.00. The molecular formula is C10H15N3. The minimum atomic E-state index is 0.786. The SMILES string of the molecule is c1nc2c(n1C1CC1)CCNCC2. The van der Waals surface area contributed by atoms with Crippen LogP contribution in [0.5, 0.6) is 0 Å². The molecule has 3 rings (SSSR count). The van der Waals surface area contributed by atoms with Crippen molar-refractivity contribution in [2.75, 3.05) is 13.1 Å². The summed E-state index contributed by atoms with van der Waals surface area (Å²) in [6, 6.07) is 0.786. The number of nitrogens with zero attached hydrogens (tertiary/aromatic N) is 2. The van der Waals surface area contributed by atoms with Gasteiger partial charge in [-0.15, -0.1) is 0 Å². The second-order valence-electron chi connectivity index (χ2n) is 4.03. The van der Waals surface area contributed by atoms with Crippen LogP contribution in [0.4, 0.5) is 0 Å². The summed E-state index contributed by atoms with van der Waals surface area (Å²) >= 11 is 0. The monoisotopic (exact) mass is 177 g/mol. The molecule has 0 aromatic carbocycles. The normalized spacial score (nSPS) is 22.5. The van der Waals surface area contributed by atoms with Crippen molar-refractivity contribution in [3.63, 3.8) is 0 Å². The first-order chi connectivity index (χ1) is 6.45. The number of fused-ring (bicyclic) bond motifs is 1. The van der Waals surface area contributed by atoms with Gasteiger partial charge < -0.3 is 9.88 Å². The quantitative estimate of drug-likeness (QED) is 0.691. The largest absolute Gasteiger partial charge is 0.331 e. The van der Waals surface area contributed by atoms with Crippen molar-refractivity contribution in [3.8, 4) is 0 Å². The molecule has 1 saturated carbocycles. The van der Waals surface area contributed by atoms with Gasteiger partial charge in [0.2, 0.25) is 0 Å². The predicted molar refractivity (Wildman–Crippen MR) is 50.8 cm³/mol.